The molecule has 98 valence electrons. The Hall–Kier alpha value is -1.50. The molecule has 0 bridgehead atoms. The Morgan fingerprint density at radius 2 is 2.06 bits per heavy atom. The molecular weight excluding hydrogens is 256 g/mol. The predicted octanol–water partition coefficient (Wildman–Crippen LogP) is 1.03. The Balaban J connectivity index is 2.26. The Morgan fingerprint density at radius 3 is 2.67 bits per heavy atom. The van der Waals surface area contributed by atoms with Crippen molar-refractivity contribution < 1.29 is 18.3 Å². The lowest BCUT2D eigenvalue weighted by molar-refractivity contribution is 0.0695. The first-order chi connectivity index (χ1) is 8.50. The molecule has 18 heavy (non-hydrogen) atoms. The SMILES string of the molecule is O=C(O)c1cncnc1CS(=O)(=O)C1CCCC1. The maximum absolute atomic E-state index is 12.1. The number of carboxylic acids is 1. The molecule has 1 fully saturated rings. The Bertz CT molecular complexity index is 550. The van der Waals surface area contributed by atoms with Gasteiger partial charge >= 0.3 is 5.97 Å². The zero-order valence-corrected chi connectivity index (χ0v) is 10.6. The molecule has 0 spiro atoms. The van der Waals surface area contributed by atoms with Gasteiger partial charge < -0.3 is 5.11 Å². The summed E-state index contributed by atoms with van der Waals surface area (Å²) in [6.45, 7) is 0. The van der Waals surface area contributed by atoms with Crippen LogP contribution in [0.3, 0.4) is 0 Å². The number of hydrogen-bond donors (Lipinski definition) is 1. The molecule has 1 aliphatic carbocycles. The van der Waals surface area contributed by atoms with Crippen molar-refractivity contribution in [3.05, 3.63) is 23.8 Å². The van der Waals surface area contributed by atoms with Crippen molar-refractivity contribution in [1.29, 1.82) is 0 Å². The molecule has 1 aromatic heterocycles. The van der Waals surface area contributed by atoms with Crippen LogP contribution in [0.15, 0.2) is 12.5 Å². The van der Waals surface area contributed by atoms with Crippen LogP contribution in [-0.2, 0) is 15.6 Å². The van der Waals surface area contributed by atoms with Gasteiger partial charge in [-0.25, -0.2) is 23.2 Å². The van der Waals surface area contributed by atoms with Crippen molar-refractivity contribution in [3.63, 3.8) is 0 Å². The van der Waals surface area contributed by atoms with E-state index in [2.05, 4.69) is 9.97 Å². The zero-order valence-electron chi connectivity index (χ0n) is 9.74. The second kappa shape index (κ2) is 5.01. The van der Waals surface area contributed by atoms with Gasteiger partial charge in [0.1, 0.15) is 11.9 Å². The molecule has 1 aliphatic rings. The lowest BCUT2D eigenvalue weighted by atomic mass is 10.2. The fourth-order valence-electron chi connectivity index (χ4n) is 2.20. The van der Waals surface area contributed by atoms with Crippen LogP contribution in [0.2, 0.25) is 0 Å². The summed E-state index contributed by atoms with van der Waals surface area (Å²) in [7, 11) is -3.32. The van der Waals surface area contributed by atoms with Crippen LogP contribution < -0.4 is 0 Å². The van der Waals surface area contributed by atoms with E-state index >= 15 is 0 Å². The lowest BCUT2D eigenvalue weighted by Crippen LogP contribution is -2.21. The van der Waals surface area contributed by atoms with E-state index in [-0.39, 0.29) is 22.3 Å². The average Bonchev–Trinajstić information content (AvgIpc) is 2.83. The minimum absolute atomic E-state index is 0.0735. The first-order valence-corrected chi connectivity index (χ1v) is 7.46. The maximum Gasteiger partial charge on any atom is 0.339 e. The molecule has 0 amide bonds. The Labute approximate surface area is 105 Å². The standard InChI is InChI=1S/C11H14N2O4S/c14-11(15)9-5-12-7-13-10(9)6-18(16,17)8-3-1-2-4-8/h5,7-8H,1-4,6H2,(H,14,15). The van der Waals surface area contributed by atoms with Crippen molar-refractivity contribution >= 4 is 15.8 Å². The van der Waals surface area contributed by atoms with Gasteiger partial charge in [0.15, 0.2) is 9.84 Å². The molecule has 1 heterocycles. The predicted molar refractivity (Wildman–Crippen MR) is 63.9 cm³/mol. The quantitative estimate of drug-likeness (QED) is 0.877. The van der Waals surface area contributed by atoms with Crippen molar-refractivity contribution in [2.24, 2.45) is 0 Å². The molecule has 1 saturated carbocycles. The number of aromatic carboxylic acids is 1. The molecule has 6 nitrogen and oxygen atoms in total. The highest BCUT2D eigenvalue weighted by Crippen LogP contribution is 2.27. The first kappa shape index (κ1) is 12.9. The fourth-order valence-corrected chi connectivity index (χ4v) is 4.10. The smallest absolute Gasteiger partial charge is 0.339 e. The van der Waals surface area contributed by atoms with E-state index in [0.29, 0.717) is 12.8 Å². The highest BCUT2D eigenvalue weighted by atomic mass is 32.2. The number of carboxylic acid groups (broad SMARTS) is 1. The van der Waals surface area contributed by atoms with Crippen LogP contribution in [0.1, 0.15) is 41.7 Å². The van der Waals surface area contributed by atoms with Crippen molar-refractivity contribution in [1.82, 2.24) is 9.97 Å². The summed E-state index contributed by atoms with van der Waals surface area (Å²) in [6.07, 6.45) is 5.46. The molecule has 7 heteroatoms. The molecule has 2 rings (SSSR count). The monoisotopic (exact) mass is 270 g/mol. The Kier molecular flexibility index (Phi) is 3.60. The van der Waals surface area contributed by atoms with E-state index in [4.69, 9.17) is 5.11 Å². The first-order valence-electron chi connectivity index (χ1n) is 5.74. The summed E-state index contributed by atoms with van der Waals surface area (Å²) in [5.41, 5.74) is -0.0662. The fraction of sp³-hybridized carbons (Fsp3) is 0.545. The van der Waals surface area contributed by atoms with Crippen LogP contribution in [0.4, 0.5) is 0 Å². The van der Waals surface area contributed by atoms with Gasteiger partial charge in [-0.05, 0) is 12.8 Å². The van der Waals surface area contributed by atoms with E-state index in [1.54, 1.807) is 0 Å². The van der Waals surface area contributed by atoms with Crippen LogP contribution in [-0.4, -0.2) is 34.7 Å². The summed E-state index contributed by atoms with van der Waals surface area (Å²) in [5, 5.41) is 8.60. The summed E-state index contributed by atoms with van der Waals surface area (Å²) in [5.74, 6) is -1.52. The van der Waals surface area contributed by atoms with Gasteiger partial charge in [-0.15, -0.1) is 0 Å². The molecule has 1 aromatic rings. The maximum atomic E-state index is 12.1. The van der Waals surface area contributed by atoms with Gasteiger partial charge in [0.2, 0.25) is 0 Å². The molecular formula is C11H14N2O4S. The van der Waals surface area contributed by atoms with Gasteiger partial charge in [-0.2, -0.15) is 0 Å². The average molecular weight is 270 g/mol. The van der Waals surface area contributed by atoms with Gasteiger partial charge in [0.05, 0.1) is 16.7 Å². The zero-order chi connectivity index (χ0) is 13.2. The summed E-state index contributed by atoms with van der Waals surface area (Å²) >= 11 is 0. The van der Waals surface area contributed by atoms with Crippen LogP contribution >= 0.6 is 0 Å². The van der Waals surface area contributed by atoms with Crippen LogP contribution in [0.25, 0.3) is 0 Å². The minimum atomic E-state index is -3.32. The van der Waals surface area contributed by atoms with Gasteiger partial charge in [0, 0.05) is 6.20 Å². The lowest BCUT2D eigenvalue weighted by Gasteiger charge is -2.11. The van der Waals surface area contributed by atoms with E-state index in [1.165, 1.54) is 6.33 Å². The second-order valence-electron chi connectivity index (χ2n) is 4.40. The number of sulfone groups is 1. The third kappa shape index (κ3) is 2.66. The minimum Gasteiger partial charge on any atom is -0.478 e. The van der Waals surface area contributed by atoms with E-state index in [0.717, 1.165) is 19.0 Å². The molecule has 0 saturated heterocycles. The van der Waals surface area contributed by atoms with Crippen molar-refractivity contribution in [2.45, 2.75) is 36.7 Å². The third-order valence-corrected chi connectivity index (χ3v) is 5.34. The molecule has 0 atom stereocenters. The third-order valence-electron chi connectivity index (χ3n) is 3.17. The number of aromatic nitrogens is 2. The number of rotatable bonds is 4. The molecule has 0 aromatic carbocycles. The second-order valence-corrected chi connectivity index (χ2v) is 6.68. The molecule has 0 radical (unpaired) electrons. The van der Waals surface area contributed by atoms with Gasteiger partial charge in [-0.1, -0.05) is 12.8 Å². The van der Waals surface area contributed by atoms with Crippen molar-refractivity contribution in [3.8, 4) is 0 Å². The highest BCUT2D eigenvalue weighted by Gasteiger charge is 2.30. The molecule has 0 unspecified atom stereocenters. The van der Waals surface area contributed by atoms with Crippen LogP contribution in [0, 0.1) is 0 Å². The topological polar surface area (TPSA) is 97.2 Å². The number of nitrogens with zero attached hydrogens (tertiary/aromatic N) is 2. The number of hydrogen-bond acceptors (Lipinski definition) is 5. The van der Waals surface area contributed by atoms with Crippen LogP contribution in [0.5, 0.6) is 0 Å². The molecule has 0 aliphatic heterocycles. The van der Waals surface area contributed by atoms with E-state index in [9.17, 15) is 13.2 Å². The highest BCUT2D eigenvalue weighted by molar-refractivity contribution is 7.91. The largest absolute Gasteiger partial charge is 0.478 e. The Morgan fingerprint density at radius 1 is 1.39 bits per heavy atom. The summed E-state index contributed by atoms with van der Waals surface area (Å²) < 4.78 is 24.2. The normalized spacial score (nSPS) is 16.9. The molecule has 1 N–H and O–H groups in total. The summed E-state index contributed by atoms with van der Waals surface area (Å²) in [4.78, 5) is 18.3. The van der Waals surface area contributed by atoms with E-state index < -0.39 is 15.8 Å². The van der Waals surface area contributed by atoms with Crippen molar-refractivity contribution in [2.75, 3.05) is 0 Å². The number of carbonyl (C=O) groups is 1. The van der Waals surface area contributed by atoms with E-state index in [1.807, 2.05) is 0 Å². The van der Waals surface area contributed by atoms with Gasteiger partial charge in [0.25, 0.3) is 0 Å². The summed E-state index contributed by atoms with van der Waals surface area (Å²) in [6, 6.07) is 0. The van der Waals surface area contributed by atoms with Gasteiger partial charge in [-0.3, -0.25) is 0 Å².